The molecule has 1 amide bonds. The summed E-state index contributed by atoms with van der Waals surface area (Å²) >= 11 is 0. The number of rotatable bonds is 4. The van der Waals surface area contributed by atoms with Gasteiger partial charge in [0.1, 0.15) is 11.3 Å². The molecule has 1 aliphatic heterocycles. The van der Waals surface area contributed by atoms with Crippen molar-refractivity contribution in [2.45, 2.75) is 25.7 Å². The predicted octanol–water partition coefficient (Wildman–Crippen LogP) is 2.07. The second-order valence-corrected chi connectivity index (χ2v) is 7.24. The highest BCUT2D eigenvalue weighted by molar-refractivity contribution is 5.97. The van der Waals surface area contributed by atoms with E-state index in [1.807, 2.05) is 0 Å². The lowest BCUT2D eigenvalue weighted by atomic mass is 10.1. The Morgan fingerprint density at radius 3 is 2.70 bits per heavy atom. The Morgan fingerprint density at radius 2 is 2.03 bits per heavy atom. The molecular formula is C19H19F3N6O2. The summed E-state index contributed by atoms with van der Waals surface area (Å²) in [6.07, 6.45) is -3.45. The molecule has 1 saturated heterocycles. The van der Waals surface area contributed by atoms with E-state index in [-0.39, 0.29) is 31.2 Å². The lowest BCUT2D eigenvalue weighted by Gasteiger charge is -2.35. The summed E-state index contributed by atoms with van der Waals surface area (Å²) in [6, 6.07) is 4.97. The number of alkyl halides is 3. The highest BCUT2D eigenvalue weighted by Crippen LogP contribution is 2.31. The second kappa shape index (κ2) is 7.17. The van der Waals surface area contributed by atoms with Gasteiger partial charge in [-0.25, -0.2) is 9.50 Å². The Balaban J connectivity index is 1.60. The van der Waals surface area contributed by atoms with Crippen molar-refractivity contribution in [3.8, 4) is 0 Å². The molecule has 0 atom stereocenters. The molecule has 8 nitrogen and oxygen atoms in total. The minimum Gasteiger partial charge on any atom is -0.399 e. The molecule has 158 valence electrons. The van der Waals surface area contributed by atoms with Gasteiger partial charge in [-0.3, -0.25) is 4.79 Å². The molecule has 0 radical (unpaired) electrons. The standard InChI is InChI=1S/C19H19F3N6O2/c1-10-25-17(24-6-11-2-13(19(20,21)22)5-14(23)3-11)16-4-12(7-28(16)26-10)18(30)27-8-15(29)9-27/h2-5,7,15,29H,6,8-9,23H2,1H3,(H,24,25,26). The Kier molecular flexibility index (Phi) is 4.77. The first-order valence-electron chi connectivity index (χ1n) is 9.15. The number of fused-ring (bicyclic) bond motifs is 1. The van der Waals surface area contributed by atoms with E-state index in [0.29, 0.717) is 28.3 Å². The fourth-order valence-electron chi connectivity index (χ4n) is 3.33. The highest BCUT2D eigenvalue weighted by Gasteiger charge is 2.31. The molecule has 2 aromatic heterocycles. The predicted molar refractivity (Wildman–Crippen MR) is 103 cm³/mol. The second-order valence-electron chi connectivity index (χ2n) is 7.24. The molecule has 4 N–H and O–H groups in total. The number of halogens is 3. The molecule has 0 spiro atoms. The first-order chi connectivity index (χ1) is 14.1. The van der Waals surface area contributed by atoms with Crippen LogP contribution in [0, 0.1) is 6.92 Å². The molecule has 0 unspecified atom stereocenters. The monoisotopic (exact) mass is 420 g/mol. The van der Waals surface area contributed by atoms with E-state index in [0.717, 1.165) is 12.1 Å². The molecular weight excluding hydrogens is 401 g/mol. The molecule has 4 rings (SSSR count). The number of nitrogens with two attached hydrogens (primary N) is 1. The zero-order valence-electron chi connectivity index (χ0n) is 15.9. The number of hydrogen-bond acceptors (Lipinski definition) is 6. The van der Waals surface area contributed by atoms with Crippen molar-refractivity contribution in [1.29, 1.82) is 0 Å². The van der Waals surface area contributed by atoms with Gasteiger partial charge in [-0.05, 0) is 36.8 Å². The van der Waals surface area contributed by atoms with Gasteiger partial charge in [-0.1, -0.05) is 0 Å². The van der Waals surface area contributed by atoms with E-state index < -0.39 is 17.8 Å². The first kappa shape index (κ1) is 20.0. The van der Waals surface area contributed by atoms with Crippen LogP contribution in [0.25, 0.3) is 5.52 Å². The maximum atomic E-state index is 13.0. The van der Waals surface area contributed by atoms with Crippen LogP contribution in [0.5, 0.6) is 0 Å². The number of nitrogens with one attached hydrogen (secondary N) is 1. The average Bonchev–Trinajstić information content (AvgIpc) is 3.06. The average molecular weight is 420 g/mol. The lowest BCUT2D eigenvalue weighted by molar-refractivity contribution is -0.137. The quantitative estimate of drug-likeness (QED) is 0.558. The zero-order valence-corrected chi connectivity index (χ0v) is 15.9. The number of β-amino-alcohol motifs (C(OH)–C–C–N with tert-alkyl or cyclic N) is 1. The van der Waals surface area contributed by atoms with Crippen LogP contribution in [0.4, 0.5) is 24.7 Å². The van der Waals surface area contributed by atoms with Crippen molar-refractivity contribution in [1.82, 2.24) is 19.5 Å². The topological polar surface area (TPSA) is 109 Å². The van der Waals surface area contributed by atoms with Crippen molar-refractivity contribution in [3.05, 3.63) is 53.0 Å². The van der Waals surface area contributed by atoms with Crippen LogP contribution in [0.2, 0.25) is 0 Å². The van der Waals surface area contributed by atoms with Crippen molar-refractivity contribution in [3.63, 3.8) is 0 Å². The molecule has 1 aromatic carbocycles. The van der Waals surface area contributed by atoms with Crippen molar-refractivity contribution in [2.24, 2.45) is 0 Å². The smallest absolute Gasteiger partial charge is 0.399 e. The Morgan fingerprint density at radius 1 is 1.30 bits per heavy atom. The summed E-state index contributed by atoms with van der Waals surface area (Å²) in [4.78, 5) is 18.3. The number of aliphatic hydroxyl groups is 1. The van der Waals surface area contributed by atoms with Crippen LogP contribution in [0.1, 0.15) is 27.3 Å². The number of carbonyl (C=O) groups excluding carboxylic acids is 1. The summed E-state index contributed by atoms with van der Waals surface area (Å²) in [6.45, 7) is 2.27. The number of nitrogens with zero attached hydrogens (tertiary/aromatic N) is 4. The summed E-state index contributed by atoms with van der Waals surface area (Å²) in [5.74, 6) is 0.559. The van der Waals surface area contributed by atoms with Gasteiger partial charge in [0.25, 0.3) is 5.91 Å². The molecule has 11 heteroatoms. The third kappa shape index (κ3) is 3.88. The number of aromatic nitrogens is 3. The number of amides is 1. The fraction of sp³-hybridized carbons (Fsp3) is 0.316. The number of likely N-dealkylation sites (tertiary alicyclic amines) is 1. The molecule has 0 aliphatic carbocycles. The van der Waals surface area contributed by atoms with Crippen LogP contribution in [0.15, 0.2) is 30.5 Å². The SMILES string of the molecule is Cc1nc(NCc2cc(N)cc(C(F)(F)F)c2)c2cc(C(=O)N3CC(O)C3)cn2n1. The van der Waals surface area contributed by atoms with E-state index in [9.17, 15) is 23.1 Å². The van der Waals surface area contributed by atoms with Crippen LogP contribution in [-0.2, 0) is 12.7 Å². The van der Waals surface area contributed by atoms with Gasteiger partial charge >= 0.3 is 6.18 Å². The van der Waals surface area contributed by atoms with E-state index >= 15 is 0 Å². The van der Waals surface area contributed by atoms with Gasteiger partial charge < -0.3 is 21.1 Å². The number of aryl methyl sites for hydroxylation is 1. The van der Waals surface area contributed by atoms with Gasteiger partial charge in [0, 0.05) is 31.5 Å². The molecule has 1 aliphatic rings. The number of aliphatic hydroxyl groups excluding tert-OH is 1. The van der Waals surface area contributed by atoms with Crippen LogP contribution in [0.3, 0.4) is 0 Å². The highest BCUT2D eigenvalue weighted by atomic mass is 19.4. The zero-order chi connectivity index (χ0) is 21.6. The molecule has 1 fully saturated rings. The number of nitrogen functional groups attached to an aromatic ring is 1. The third-order valence-electron chi connectivity index (χ3n) is 4.77. The summed E-state index contributed by atoms with van der Waals surface area (Å²) in [5, 5.41) is 16.6. The summed E-state index contributed by atoms with van der Waals surface area (Å²) < 4.78 is 40.6. The first-order valence-corrected chi connectivity index (χ1v) is 9.15. The van der Waals surface area contributed by atoms with Crippen molar-refractivity contribution in [2.75, 3.05) is 24.1 Å². The number of hydrogen-bond donors (Lipinski definition) is 3. The van der Waals surface area contributed by atoms with Crippen molar-refractivity contribution < 1.29 is 23.1 Å². The number of anilines is 2. The van der Waals surface area contributed by atoms with E-state index in [1.165, 1.54) is 15.5 Å². The maximum absolute atomic E-state index is 13.0. The van der Waals surface area contributed by atoms with Gasteiger partial charge in [-0.2, -0.15) is 18.3 Å². The molecule has 3 aromatic rings. The van der Waals surface area contributed by atoms with E-state index in [4.69, 9.17) is 5.73 Å². The Hall–Kier alpha value is -3.34. The molecule has 3 heterocycles. The molecule has 0 bridgehead atoms. The largest absolute Gasteiger partial charge is 0.416 e. The maximum Gasteiger partial charge on any atom is 0.416 e. The molecule has 0 saturated carbocycles. The van der Waals surface area contributed by atoms with Gasteiger partial charge in [-0.15, -0.1) is 0 Å². The van der Waals surface area contributed by atoms with Crippen LogP contribution < -0.4 is 11.1 Å². The van der Waals surface area contributed by atoms with E-state index in [2.05, 4.69) is 15.4 Å². The van der Waals surface area contributed by atoms with Crippen LogP contribution in [-0.4, -0.2) is 49.7 Å². The summed E-state index contributed by atoms with van der Waals surface area (Å²) in [7, 11) is 0. The number of carbonyl (C=O) groups is 1. The summed E-state index contributed by atoms with van der Waals surface area (Å²) in [5.41, 5.74) is 6.03. The van der Waals surface area contributed by atoms with Gasteiger partial charge in [0.15, 0.2) is 5.82 Å². The van der Waals surface area contributed by atoms with Crippen molar-refractivity contribution >= 4 is 22.9 Å². The number of benzene rings is 1. The fourth-order valence-corrected chi connectivity index (χ4v) is 3.33. The lowest BCUT2D eigenvalue weighted by Crippen LogP contribution is -2.53. The Bertz CT molecular complexity index is 1120. The van der Waals surface area contributed by atoms with Gasteiger partial charge in [0.2, 0.25) is 0 Å². The minimum atomic E-state index is -4.50. The Labute approximate surface area is 169 Å². The van der Waals surface area contributed by atoms with Crippen LogP contribution >= 0.6 is 0 Å². The third-order valence-corrected chi connectivity index (χ3v) is 4.77. The van der Waals surface area contributed by atoms with E-state index in [1.54, 1.807) is 19.2 Å². The minimum absolute atomic E-state index is 0.0120. The normalized spacial score (nSPS) is 14.8. The van der Waals surface area contributed by atoms with Gasteiger partial charge in [0.05, 0.1) is 17.2 Å². The molecule has 30 heavy (non-hydrogen) atoms.